The van der Waals surface area contributed by atoms with Gasteiger partial charge in [-0.2, -0.15) is 0 Å². The Kier molecular flexibility index (Phi) is 6.22. The van der Waals surface area contributed by atoms with E-state index in [1.165, 1.54) is 36.5 Å². The fourth-order valence-corrected chi connectivity index (χ4v) is 3.23. The number of halogens is 2. The van der Waals surface area contributed by atoms with E-state index in [1.807, 2.05) is 0 Å². The Balaban J connectivity index is 2.12. The zero-order valence-corrected chi connectivity index (χ0v) is 11.6. The van der Waals surface area contributed by atoms with Gasteiger partial charge >= 0.3 is 0 Å². The van der Waals surface area contributed by atoms with Gasteiger partial charge in [-0.25, -0.2) is 0 Å². The molecule has 1 aliphatic carbocycles. The van der Waals surface area contributed by atoms with Crippen molar-refractivity contribution in [2.24, 2.45) is 5.92 Å². The Bertz CT molecular complexity index is 143. The van der Waals surface area contributed by atoms with Crippen LogP contribution < -0.4 is 0 Å². The first-order valence-corrected chi connectivity index (χ1v) is 7.46. The summed E-state index contributed by atoms with van der Waals surface area (Å²) in [5.74, 6) is 0.986. The van der Waals surface area contributed by atoms with Crippen LogP contribution in [0.3, 0.4) is 0 Å². The number of unbranched alkanes of at least 4 members (excludes halogenated alkanes) is 1. The van der Waals surface area contributed by atoms with Crippen molar-refractivity contribution >= 4 is 45.2 Å². The van der Waals surface area contributed by atoms with Crippen LogP contribution in [0.2, 0.25) is 0 Å². The molecule has 0 N–H and O–H groups in total. The molecule has 0 aromatic carbocycles. The lowest BCUT2D eigenvalue weighted by Gasteiger charge is -2.20. The molecule has 1 aliphatic rings. The number of alkyl halides is 2. The molecule has 0 fully saturated rings. The van der Waals surface area contributed by atoms with E-state index in [0.29, 0.717) is 0 Å². The molecular formula is C10H16I2. The Labute approximate surface area is 103 Å². The SMILES string of the molecule is ICCCCC1CC=CC(I)C1. The quantitative estimate of drug-likeness (QED) is 0.290. The van der Waals surface area contributed by atoms with Gasteiger partial charge in [0.1, 0.15) is 0 Å². The van der Waals surface area contributed by atoms with Gasteiger partial charge in [-0.05, 0) is 29.6 Å². The smallest absolute Gasteiger partial charge is 0.0292 e. The molecule has 0 aromatic heterocycles. The summed E-state index contributed by atoms with van der Waals surface area (Å²) in [6.07, 6.45) is 11.8. The van der Waals surface area contributed by atoms with Gasteiger partial charge in [-0.1, -0.05) is 70.2 Å². The van der Waals surface area contributed by atoms with Crippen LogP contribution in [0.1, 0.15) is 32.1 Å². The maximum atomic E-state index is 2.54. The zero-order chi connectivity index (χ0) is 8.81. The number of allylic oxidation sites excluding steroid dienone is 2. The highest BCUT2D eigenvalue weighted by atomic mass is 127. The van der Waals surface area contributed by atoms with Gasteiger partial charge in [0.25, 0.3) is 0 Å². The van der Waals surface area contributed by atoms with E-state index in [2.05, 4.69) is 57.3 Å². The summed E-state index contributed by atoms with van der Waals surface area (Å²) in [7, 11) is 0. The van der Waals surface area contributed by atoms with Crippen molar-refractivity contribution in [3.05, 3.63) is 12.2 Å². The van der Waals surface area contributed by atoms with Gasteiger partial charge in [0, 0.05) is 3.92 Å². The normalized spacial score (nSPS) is 29.2. The molecule has 0 amide bonds. The second kappa shape index (κ2) is 6.62. The minimum Gasteiger partial charge on any atom is -0.0872 e. The first-order chi connectivity index (χ1) is 5.83. The van der Waals surface area contributed by atoms with Gasteiger partial charge in [0.15, 0.2) is 0 Å². The number of hydrogen-bond acceptors (Lipinski definition) is 0. The standard InChI is InChI=1S/C10H16I2/c11-7-2-1-4-9-5-3-6-10(12)8-9/h3,6,9-10H,1-2,4-5,7-8H2. The summed E-state index contributed by atoms with van der Waals surface area (Å²) in [6, 6.07) is 0. The molecule has 0 bridgehead atoms. The van der Waals surface area contributed by atoms with Crippen molar-refractivity contribution in [2.45, 2.75) is 36.0 Å². The van der Waals surface area contributed by atoms with Crippen molar-refractivity contribution < 1.29 is 0 Å². The van der Waals surface area contributed by atoms with E-state index in [0.717, 1.165) is 9.84 Å². The molecule has 70 valence electrons. The summed E-state index contributed by atoms with van der Waals surface area (Å²) in [4.78, 5) is 0. The number of hydrogen-bond donors (Lipinski definition) is 0. The first-order valence-electron chi connectivity index (χ1n) is 4.69. The molecule has 0 radical (unpaired) electrons. The molecule has 0 saturated carbocycles. The summed E-state index contributed by atoms with van der Waals surface area (Å²) in [5.41, 5.74) is 0. The minimum atomic E-state index is 0.806. The Hall–Kier alpha value is 1.20. The molecular weight excluding hydrogens is 374 g/mol. The van der Waals surface area contributed by atoms with E-state index in [1.54, 1.807) is 0 Å². The Morgan fingerprint density at radius 1 is 1.33 bits per heavy atom. The average molecular weight is 390 g/mol. The van der Waals surface area contributed by atoms with Gasteiger partial charge in [-0.3, -0.25) is 0 Å². The molecule has 0 aromatic rings. The highest BCUT2D eigenvalue weighted by Crippen LogP contribution is 2.27. The third kappa shape index (κ3) is 4.44. The van der Waals surface area contributed by atoms with Gasteiger partial charge in [-0.15, -0.1) is 0 Å². The molecule has 12 heavy (non-hydrogen) atoms. The van der Waals surface area contributed by atoms with E-state index >= 15 is 0 Å². The summed E-state index contributed by atoms with van der Waals surface area (Å²) >= 11 is 5.01. The highest BCUT2D eigenvalue weighted by Gasteiger charge is 2.14. The molecule has 0 spiro atoms. The van der Waals surface area contributed by atoms with Crippen LogP contribution in [0.15, 0.2) is 12.2 Å². The largest absolute Gasteiger partial charge is 0.0872 e. The van der Waals surface area contributed by atoms with Crippen LogP contribution >= 0.6 is 45.2 Å². The molecule has 0 saturated heterocycles. The third-order valence-electron chi connectivity index (χ3n) is 2.37. The molecule has 0 nitrogen and oxygen atoms in total. The van der Waals surface area contributed by atoms with Crippen LogP contribution in [-0.4, -0.2) is 8.35 Å². The maximum Gasteiger partial charge on any atom is 0.0292 e. The second-order valence-corrected chi connectivity index (χ2v) is 6.15. The van der Waals surface area contributed by atoms with Gasteiger partial charge in [0.2, 0.25) is 0 Å². The molecule has 0 heterocycles. The summed E-state index contributed by atoms with van der Waals surface area (Å²) in [6.45, 7) is 0. The van der Waals surface area contributed by atoms with Crippen molar-refractivity contribution in [3.8, 4) is 0 Å². The molecule has 1 rings (SSSR count). The average Bonchev–Trinajstić information content (AvgIpc) is 2.05. The Morgan fingerprint density at radius 2 is 2.17 bits per heavy atom. The van der Waals surface area contributed by atoms with Crippen LogP contribution in [0.5, 0.6) is 0 Å². The lowest BCUT2D eigenvalue weighted by molar-refractivity contribution is 0.439. The van der Waals surface area contributed by atoms with Gasteiger partial charge in [0.05, 0.1) is 0 Å². The van der Waals surface area contributed by atoms with Crippen LogP contribution in [0.25, 0.3) is 0 Å². The molecule has 2 heteroatoms. The number of rotatable bonds is 4. The minimum absolute atomic E-state index is 0.806. The lowest BCUT2D eigenvalue weighted by atomic mass is 9.90. The topological polar surface area (TPSA) is 0 Å². The van der Waals surface area contributed by atoms with E-state index in [4.69, 9.17) is 0 Å². The fourth-order valence-electron chi connectivity index (χ4n) is 1.68. The predicted molar refractivity (Wildman–Crippen MR) is 72.4 cm³/mol. The predicted octanol–water partition coefficient (Wildman–Crippen LogP) is 4.36. The van der Waals surface area contributed by atoms with Crippen LogP contribution in [0.4, 0.5) is 0 Å². The molecule has 2 atom stereocenters. The summed E-state index contributed by atoms with van der Waals surface area (Å²) in [5, 5.41) is 0. The van der Waals surface area contributed by atoms with E-state index in [-0.39, 0.29) is 0 Å². The zero-order valence-electron chi connectivity index (χ0n) is 7.31. The van der Waals surface area contributed by atoms with Crippen molar-refractivity contribution in [2.75, 3.05) is 4.43 Å². The second-order valence-electron chi connectivity index (χ2n) is 3.47. The monoisotopic (exact) mass is 390 g/mol. The van der Waals surface area contributed by atoms with Gasteiger partial charge < -0.3 is 0 Å². The Morgan fingerprint density at radius 3 is 2.83 bits per heavy atom. The van der Waals surface area contributed by atoms with Crippen molar-refractivity contribution in [1.82, 2.24) is 0 Å². The van der Waals surface area contributed by atoms with E-state index in [9.17, 15) is 0 Å². The van der Waals surface area contributed by atoms with Crippen LogP contribution in [0, 0.1) is 5.92 Å². The summed E-state index contributed by atoms with van der Waals surface area (Å²) < 4.78 is 2.13. The van der Waals surface area contributed by atoms with Crippen molar-refractivity contribution in [1.29, 1.82) is 0 Å². The van der Waals surface area contributed by atoms with Crippen molar-refractivity contribution in [3.63, 3.8) is 0 Å². The van der Waals surface area contributed by atoms with Crippen LogP contribution in [-0.2, 0) is 0 Å². The highest BCUT2D eigenvalue weighted by molar-refractivity contribution is 14.1. The first kappa shape index (κ1) is 11.3. The molecule has 0 aliphatic heterocycles. The lowest BCUT2D eigenvalue weighted by Crippen LogP contribution is -2.10. The fraction of sp³-hybridized carbons (Fsp3) is 0.800. The third-order valence-corrected chi connectivity index (χ3v) is 4.06. The molecule has 2 unspecified atom stereocenters. The van der Waals surface area contributed by atoms with E-state index < -0.39 is 0 Å². The maximum absolute atomic E-state index is 2.54.